The Balaban J connectivity index is 1.71. The number of H-pyrrole nitrogens is 1. The van der Waals surface area contributed by atoms with Crippen LogP contribution in [0.5, 0.6) is 0 Å². The SMILES string of the molecule is O=c1[nH]c(=O)n([C@H]2C[C@H](O)[C@@H](CO)O2)cc1-c1ccc(-c2ccccc2)s1. The first-order valence-corrected chi connectivity index (χ1v) is 9.34. The maximum absolute atomic E-state index is 12.3. The number of benzene rings is 1. The van der Waals surface area contributed by atoms with Gasteiger partial charge < -0.3 is 14.9 Å². The molecular formula is C19H18N2O5S. The van der Waals surface area contributed by atoms with Gasteiger partial charge in [0.25, 0.3) is 5.56 Å². The van der Waals surface area contributed by atoms with Crippen molar-refractivity contribution in [2.45, 2.75) is 24.9 Å². The highest BCUT2D eigenvalue weighted by atomic mass is 32.1. The molecule has 1 saturated heterocycles. The Morgan fingerprint density at radius 1 is 1.15 bits per heavy atom. The predicted molar refractivity (Wildman–Crippen MR) is 102 cm³/mol. The first kappa shape index (κ1) is 17.9. The molecular weight excluding hydrogens is 368 g/mol. The summed E-state index contributed by atoms with van der Waals surface area (Å²) in [4.78, 5) is 28.6. The Kier molecular flexibility index (Phi) is 4.79. The summed E-state index contributed by atoms with van der Waals surface area (Å²) in [6.07, 6.45) is -0.735. The van der Waals surface area contributed by atoms with Crippen LogP contribution in [0.1, 0.15) is 12.6 Å². The van der Waals surface area contributed by atoms with Gasteiger partial charge in [0.2, 0.25) is 0 Å². The second-order valence-electron chi connectivity index (χ2n) is 6.35. The fourth-order valence-electron chi connectivity index (χ4n) is 3.17. The van der Waals surface area contributed by atoms with E-state index in [1.165, 1.54) is 22.1 Å². The van der Waals surface area contributed by atoms with Crippen LogP contribution >= 0.6 is 11.3 Å². The van der Waals surface area contributed by atoms with Crippen LogP contribution < -0.4 is 11.2 Å². The van der Waals surface area contributed by atoms with Gasteiger partial charge in [-0.25, -0.2) is 4.79 Å². The first-order chi connectivity index (χ1) is 13.1. The molecule has 3 atom stereocenters. The van der Waals surface area contributed by atoms with E-state index in [1.54, 1.807) is 0 Å². The number of aromatic nitrogens is 2. The lowest BCUT2D eigenvalue weighted by Gasteiger charge is -2.15. The van der Waals surface area contributed by atoms with Crippen LogP contribution in [0.15, 0.2) is 58.3 Å². The Bertz CT molecular complexity index is 1060. The normalized spacial score (nSPS) is 22.2. The van der Waals surface area contributed by atoms with E-state index in [9.17, 15) is 19.8 Å². The zero-order chi connectivity index (χ0) is 19.0. The van der Waals surface area contributed by atoms with E-state index >= 15 is 0 Å². The summed E-state index contributed by atoms with van der Waals surface area (Å²) in [5.41, 5.74) is 0.313. The molecule has 8 heteroatoms. The third-order valence-electron chi connectivity index (χ3n) is 4.59. The van der Waals surface area contributed by atoms with Gasteiger partial charge >= 0.3 is 5.69 Å². The summed E-state index contributed by atoms with van der Waals surface area (Å²) < 4.78 is 6.80. The number of hydrogen-bond acceptors (Lipinski definition) is 6. The van der Waals surface area contributed by atoms with Crippen molar-refractivity contribution in [1.82, 2.24) is 9.55 Å². The van der Waals surface area contributed by atoms with Gasteiger partial charge in [0.15, 0.2) is 0 Å². The van der Waals surface area contributed by atoms with E-state index < -0.39 is 29.7 Å². The highest BCUT2D eigenvalue weighted by Crippen LogP contribution is 2.33. The third kappa shape index (κ3) is 3.40. The van der Waals surface area contributed by atoms with Crippen molar-refractivity contribution in [2.75, 3.05) is 6.61 Å². The molecule has 140 valence electrons. The van der Waals surface area contributed by atoms with Crippen LogP contribution in [0.2, 0.25) is 0 Å². The van der Waals surface area contributed by atoms with Crippen molar-refractivity contribution >= 4 is 11.3 Å². The van der Waals surface area contributed by atoms with Crippen molar-refractivity contribution in [2.24, 2.45) is 0 Å². The Labute approximate surface area is 158 Å². The zero-order valence-corrected chi connectivity index (χ0v) is 15.1. The van der Waals surface area contributed by atoms with E-state index in [1.807, 2.05) is 42.5 Å². The van der Waals surface area contributed by atoms with Gasteiger partial charge in [0, 0.05) is 22.4 Å². The summed E-state index contributed by atoms with van der Waals surface area (Å²) in [6.45, 7) is -0.339. The number of rotatable bonds is 4. The van der Waals surface area contributed by atoms with E-state index in [0.29, 0.717) is 5.56 Å². The van der Waals surface area contributed by atoms with Gasteiger partial charge in [0.05, 0.1) is 18.3 Å². The summed E-state index contributed by atoms with van der Waals surface area (Å²) in [6, 6.07) is 13.6. The van der Waals surface area contributed by atoms with Crippen molar-refractivity contribution < 1.29 is 14.9 Å². The van der Waals surface area contributed by atoms with Gasteiger partial charge in [0.1, 0.15) is 12.3 Å². The molecule has 1 aliphatic heterocycles. The second-order valence-corrected chi connectivity index (χ2v) is 7.44. The third-order valence-corrected chi connectivity index (χ3v) is 5.76. The molecule has 3 aromatic rings. The van der Waals surface area contributed by atoms with E-state index in [2.05, 4.69) is 4.98 Å². The molecule has 27 heavy (non-hydrogen) atoms. The fourth-order valence-corrected chi connectivity index (χ4v) is 4.18. The molecule has 3 N–H and O–H groups in total. The number of thiophene rings is 1. The zero-order valence-electron chi connectivity index (χ0n) is 14.2. The standard InChI is InChI=1S/C19H18N2O5S/c22-10-14-13(23)8-17(26-14)21-9-12(18(24)20-19(21)25)16-7-6-15(27-16)11-4-2-1-3-5-11/h1-7,9,13-14,17,22-23H,8,10H2,(H,20,24,25)/t13-,14+,17+/m0/s1. The molecule has 1 aliphatic rings. The average molecular weight is 386 g/mol. The molecule has 2 aromatic heterocycles. The summed E-state index contributed by atoms with van der Waals surface area (Å²) in [5, 5.41) is 19.1. The summed E-state index contributed by atoms with van der Waals surface area (Å²) in [5.74, 6) is 0. The van der Waals surface area contributed by atoms with Gasteiger partial charge in [-0.15, -0.1) is 11.3 Å². The minimum absolute atomic E-state index is 0.163. The van der Waals surface area contributed by atoms with Crippen LogP contribution in [-0.4, -0.2) is 38.6 Å². The molecule has 3 heterocycles. The highest BCUT2D eigenvalue weighted by Gasteiger charge is 2.35. The Morgan fingerprint density at radius 3 is 2.59 bits per heavy atom. The minimum Gasteiger partial charge on any atom is -0.394 e. The number of aliphatic hydroxyl groups is 2. The molecule has 7 nitrogen and oxygen atoms in total. The molecule has 0 saturated carbocycles. The van der Waals surface area contributed by atoms with Crippen molar-refractivity contribution in [3.63, 3.8) is 0 Å². The largest absolute Gasteiger partial charge is 0.394 e. The molecule has 4 rings (SSSR count). The number of aromatic amines is 1. The maximum Gasteiger partial charge on any atom is 0.330 e. The lowest BCUT2D eigenvalue weighted by Crippen LogP contribution is -2.33. The lowest BCUT2D eigenvalue weighted by molar-refractivity contribution is -0.0458. The number of hydrogen-bond donors (Lipinski definition) is 3. The first-order valence-electron chi connectivity index (χ1n) is 8.52. The molecule has 0 unspecified atom stereocenters. The van der Waals surface area contributed by atoms with Crippen LogP contribution in [0.25, 0.3) is 20.9 Å². The number of aliphatic hydroxyl groups excluding tert-OH is 2. The van der Waals surface area contributed by atoms with Crippen LogP contribution in [-0.2, 0) is 4.74 Å². The van der Waals surface area contributed by atoms with Gasteiger partial charge in [-0.2, -0.15) is 0 Å². The molecule has 1 fully saturated rings. The van der Waals surface area contributed by atoms with Crippen molar-refractivity contribution in [3.8, 4) is 20.9 Å². The van der Waals surface area contributed by atoms with E-state index in [-0.39, 0.29) is 13.0 Å². The fraction of sp³-hybridized carbons (Fsp3) is 0.263. The summed E-state index contributed by atoms with van der Waals surface area (Å²) in [7, 11) is 0. The second kappa shape index (κ2) is 7.24. The smallest absolute Gasteiger partial charge is 0.330 e. The van der Waals surface area contributed by atoms with Gasteiger partial charge in [-0.1, -0.05) is 30.3 Å². The van der Waals surface area contributed by atoms with Crippen LogP contribution in [0, 0.1) is 0 Å². The average Bonchev–Trinajstić information content (AvgIpc) is 3.29. The molecule has 0 bridgehead atoms. The van der Waals surface area contributed by atoms with E-state index in [0.717, 1.165) is 15.3 Å². The topological polar surface area (TPSA) is 105 Å². The lowest BCUT2D eigenvalue weighted by atomic mass is 10.2. The summed E-state index contributed by atoms with van der Waals surface area (Å²) >= 11 is 1.45. The molecule has 1 aromatic carbocycles. The number of ether oxygens (including phenoxy) is 1. The van der Waals surface area contributed by atoms with Crippen LogP contribution in [0.3, 0.4) is 0 Å². The molecule has 0 amide bonds. The Hall–Kier alpha value is -2.52. The molecule has 0 radical (unpaired) electrons. The predicted octanol–water partition coefficient (Wildman–Crippen LogP) is 1.57. The minimum atomic E-state index is -0.867. The van der Waals surface area contributed by atoms with Gasteiger partial charge in [-0.3, -0.25) is 14.3 Å². The molecule has 0 spiro atoms. The van der Waals surface area contributed by atoms with Gasteiger partial charge in [-0.05, 0) is 17.7 Å². The van der Waals surface area contributed by atoms with E-state index in [4.69, 9.17) is 4.74 Å². The Morgan fingerprint density at radius 2 is 1.89 bits per heavy atom. The molecule has 0 aliphatic carbocycles. The van der Waals surface area contributed by atoms with Crippen molar-refractivity contribution in [1.29, 1.82) is 0 Å². The quantitative estimate of drug-likeness (QED) is 0.631. The monoisotopic (exact) mass is 386 g/mol. The van der Waals surface area contributed by atoms with Crippen molar-refractivity contribution in [3.05, 3.63) is 69.5 Å². The number of nitrogens with zero attached hydrogens (tertiary/aromatic N) is 1. The maximum atomic E-state index is 12.3. The number of nitrogens with one attached hydrogen (secondary N) is 1. The van der Waals surface area contributed by atoms with Crippen LogP contribution in [0.4, 0.5) is 0 Å². The highest BCUT2D eigenvalue weighted by molar-refractivity contribution is 7.18.